The topological polar surface area (TPSA) is 46.9 Å². The summed E-state index contributed by atoms with van der Waals surface area (Å²) in [7, 11) is 0. The molecule has 3 aromatic rings. The normalized spacial score (nSPS) is 10.7. The lowest BCUT2D eigenvalue weighted by Crippen LogP contribution is -2.14. The number of hydrogen-bond acceptors (Lipinski definition) is 2. The minimum atomic E-state index is -0.131. The minimum absolute atomic E-state index is 0.131. The van der Waals surface area contributed by atoms with E-state index < -0.39 is 0 Å². The average molecular weight is 466 g/mol. The Morgan fingerprint density at radius 1 is 1.16 bits per heavy atom. The van der Waals surface area contributed by atoms with Crippen molar-refractivity contribution in [1.29, 1.82) is 0 Å². The van der Waals surface area contributed by atoms with E-state index in [1.165, 1.54) is 0 Å². The number of amides is 1. The van der Waals surface area contributed by atoms with Crippen molar-refractivity contribution >= 4 is 45.8 Å². The van der Waals surface area contributed by atoms with Crippen molar-refractivity contribution in [2.45, 2.75) is 20.4 Å². The molecule has 0 bridgehead atoms. The van der Waals surface area contributed by atoms with Crippen molar-refractivity contribution < 1.29 is 4.79 Å². The molecule has 0 aliphatic carbocycles. The lowest BCUT2D eigenvalue weighted by Gasteiger charge is -2.09. The number of nitrogens with zero attached hydrogens (tertiary/aromatic N) is 2. The quantitative estimate of drug-likeness (QED) is 0.548. The second-order valence-electron chi connectivity index (χ2n) is 5.73. The highest BCUT2D eigenvalue weighted by Crippen LogP contribution is 2.24. The van der Waals surface area contributed by atoms with Crippen molar-refractivity contribution in [3.8, 4) is 0 Å². The van der Waals surface area contributed by atoms with Gasteiger partial charge in [-0.2, -0.15) is 5.10 Å². The highest BCUT2D eigenvalue weighted by atomic mass is 127. The van der Waals surface area contributed by atoms with Gasteiger partial charge in [0.25, 0.3) is 5.91 Å². The first-order chi connectivity index (χ1) is 12.0. The minimum Gasteiger partial charge on any atom is -0.319 e. The molecule has 1 N–H and O–H groups in total. The zero-order chi connectivity index (χ0) is 18.0. The van der Waals surface area contributed by atoms with E-state index in [0.29, 0.717) is 17.1 Å². The Hall–Kier alpha value is -1.86. The standard InChI is InChI=1S/C19H17ClIN3O/c1-12-18(22-19(25)15-8-4-6-10-17(15)21)13(2)24(23-12)11-14-7-3-5-9-16(14)20/h3-10H,11H2,1-2H3,(H,22,25). The molecule has 6 heteroatoms. The van der Waals surface area contributed by atoms with E-state index in [2.05, 4.69) is 33.0 Å². The number of halogens is 2. The number of carbonyl (C=O) groups is 1. The van der Waals surface area contributed by atoms with Gasteiger partial charge in [0.2, 0.25) is 0 Å². The van der Waals surface area contributed by atoms with Gasteiger partial charge < -0.3 is 5.32 Å². The number of anilines is 1. The largest absolute Gasteiger partial charge is 0.319 e. The molecule has 1 heterocycles. The van der Waals surface area contributed by atoms with Crippen molar-refractivity contribution in [3.05, 3.63) is 79.6 Å². The van der Waals surface area contributed by atoms with E-state index in [-0.39, 0.29) is 5.91 Å². The van der Waals surface area contributed by atoms with E-state index in [0.717, 1.165) is 26.2 Å². The average Bonchev–Trinajstić information content (AvgIpc) is 2.85. The zero-order valence-electron chi connectivity index (χ0n) is 13.9. The van der Waals surface area contributed by atoms with E-state index in [4.69, 9.17) is 11.6 Å². The van der Waals surface area contributed by atoms with Crippen LogP contribution in [-0.4, -0.2) is 15.7 Å². The van der Waals surface area contributed by atoms with Crippen LogP contribution in [0.25, 0.3) is 0 Å². The second-order valence-corrected chi connectivity index (χ2v) is 7.30. The Morgan fingerprint density at radius 3 is 2.56 bits per heavy atom. The molecule has 0 aliphatic heterocycles. The maximum atomic E-state index is 12.6. The van der Waals surface area contributed by atoms with Crippen LogP contribution in [0.15, 0.2) is 48.5 Å². The summed E-state index contributed by atoms with van der Waals surface area (Å²) in [6.45, 7) is 4.40. The predicted molar refractivity (Wildman–Crippen MR) is 109 cm³/mol. The van der Waals surface area contributed by atoms with E-state index in [1.807, 2.05) is 67.1 Å². The molecule has 128 valence electrons. The molecule has 1 aromatic heterocycles. The van der Waals surface area contributed by atoms with E-state index in [1.54, 1.807) is 0 Å². The monoisotopic (exact) mass is 465 g/mol. The van der Waals surface area contributed by atoms with Crippen LogP contribution in [0.1, 0.15) is 27.3 Å². The SMILES string of the molecule is Cc1nn(Cc2ccccc2Cl)c(C)c1NC(=O)c1ccccc1I. The first-order valence-electron chi connectivity index (χ1n) is 7.80. The summed E-state index contributed by atoms with van der Waals surface area (Å²) in [5.41, 5.74) is 4.07. The summed E-state index contributed by atoms with van der Waals surface area (Å²) in [4.78, 5) is 12.6. The molecule has 0 spiro atoms. The first-order valence-corrected chi connectivity index (χ1v) is 9.26. The number of rotatable bonds is 4. The molecule has 0 unspecified atom stereocenters. The van der Waals surface area contributed by atoms with Gasteiger partial charge in [-0.3, -0.25) is 9.48 Å². The number of aryl methyl sites for hydroxylation is 1. The third kappa shape index (κ3) is 3.88. The molecule has 3 rings (SSSR count). The lowest BCUT2D eigenvalue weighted by molar-refractivity contribution is 0.102. The molecule has 2 aromatic carbocycles. The summed E-state index contributed by atoms with van der Waals surface area (Å²) < 4.78 is 2.78. The molecule has 0 aliphatic rings. The second kappa shape index (κ2) is 7.58. The van der Waals surface area contributed by atoms with Gasteiger partial charge in [-0.25, -0.2) is 0 Å². The number of hydrogen-bond donors (Lipinski definition) is 1. The fourth-order valence-corrected chi connectivity index (χ4v) is 3.47. The Bertz CT molecular complexity index is 936. The fourth-order valence-electron chi connectivity index (χ4n) is 2.65. The summed E-state index contributed by atoms with van der Waals surface area (Å²) >= 11 is 8.41. The highest BCUT2D eigenvalue weighted by Gasteiger charge is 2.17. The van der Waals surface area contributed by atoms with Crippen LogP contribution < -0.4 is 5.32 Å². The van der Waals surface area contributed by atoms with Gasteiger partial charge in [0.15, 0.2) is 0 Å². The smallest absolute Gasteiger partial charge is 0.256 e. The van der Waals surface area contributed by atoms with Crippen molar-refractivity contribution in [3.63, 3.8) is 0 Å². The van der Waals surface area contributed by atoms with Gasteiger partial charge >= 0.3 is 0 Å². The van der Waals surface area contributed by atoms with Crippen LogP contribution in [0, 0.1) is 17.4 Å². The number of aromatic nitrogens is 2. The van der Waals surface area contributed by atoms with Crippen LogP contribution in [0.4, 0.5) is 5.69 Å². The molecular formula is C19H17ClIN3O. The third-order valence-corrected chi connectivity index (χ3v) is 5.33. The first kappa shape index (κ1) is 17.9. The van der Waals surface area contributed by atoms with Crippen LogP contribution in [0.3, 0.4) is 0 Å². The van der Waals surface area contributed by atoms with Gasteiger partial charge in [-0.15, -0.1) is 0 Å². The van der Waals surface area contributed by atoms with Crippen molar-refractivity contribution in [1.82, 2.24) is 9.78 Å². The summed E-state index contributed by atoms with van der Waals surface area (Å²) in [6, 6.07) is 15.2. The van der Waals surface area contributed by atoms with Gasteiger partial charge in [-0.05, 0) is 60.2 Å². The molecule has 0 fully saturated rings. The molecule has 1 amide bonds. The Labute approximate surface area is 165 Å². The predicted octanol–water partition coefficient (Wildman–Crippen LogP) is 5.06. The highest BCUT2D eigenvalue weighted by molar-refractivity contribution is 14.1. The number of carbonyl (C=O) groups excluding carboxylic acids is 1. The van der Waals surface area contributed by atoms with Crippen molar-refractivity contribution in [2.24, 2.45) is 0 Å². The molecule has 0 saturated carbocycles. The molecular weight excluding hydrogens is 449 g/mol. The van der Waals surface area contributed by atoms with Gasteiger partial charge in [-0.1, -0.05) is 41.9 Å². The third-order valence-electron chi connectivity index (χ3n) is 4.02. The zero-order valence-corrected chi connectivity index (χ0v) is 16.8. The summed E-state index contributed by atoms with van der Waals surface area (Å²) in [5, 5.41) is 8.26. The van der Waals surface area contributed by atoms with Crippen LogP contribution in [-0.2, 0) is 6.54 Å². The molecule has 25 heavy (non-hydrogen) atoms. The maximum Gasteiger partial charge on any atom is 0.256 e. The van der Waals surface area contributed by atoms with Crippen LogP contribution in [0.5, 0.6) is 0 Å². The number of nitrogens with one attached hydrogen (secondary N) is 1. The molecule has 0 radical (unpaired) electrons. The Kier molecular flexibility index (Phi) is 5.44. The van der Waals surface area contributed by atoms with Crippen LogP contribution in [0.2, 0.25) is 5.02 Å². The Morgan fingerprint density at radius 2 is 1.84 bits per heavy atom. The number of benzene rings is 2. The summed E-state index contributed by atoms with van der Waals surface area (Å²) in [5.74, 6) is -0.131. The van der Waals surface area contributed by atoms with Crippen molar-refractivity contribution in [2.75, 3.05) is 5.32 Å². The van der Waals surface area contributed by atoms with E-state index in [9.17, 15) is 4.79 Å². The maximum absolute atomic E-state index is 12.6. The van der Waals surface area contributed by atoms with Crippen LogP contribution >= 0.6 is 34.2 Å². The van der Waals surface area contributed by atoms with E-state index >= 15 is 0 Å². The van der Waals surface area contributed by atoms with Gasteiger partial charge in [0.05, 0.1) is 29.2 Å². The van der Waals surface area contributed by atoms with Gasteiger partial charge in [0, 0.05) is 8.59 Å². The molecule has 0 saturated heterocycles. The Balaban J connectivity index is 1.86. The molecule has 0 atom stereocenters. The lowest BCUT2D eigenvalue weighted by atomic mass is 10.2. The molecule has 4 nitrogen and oxygen atoms in total. The summed E-state index contributed by atoms with van der Waals surface area (Å²) in [6.07, 6.45) is 0. The fraction of sp³-hybridized carbons (Fsp3) is 0.158. The van der Waals surface area contributed by atoms with Gasteiger partial charge in [0.1, 0.15) is 0 Å².